The maximum Gasteiger partial charge on any atom is 0.125 e. The first kappa shape index (κ1) is 16.8. The number of benzene rings is 1. The monoisotopic (exact) mass is 282 g/mol. The van der Waals surface area contributed by atoms with Crippen molar-refractivity contribution < 1.29 is 19.7 Å². The van der Waals surface area contributed by atoms with Crippen molar-refractivity contribution in [3.05, 3.63) is 23.3 Å². The molecule has 0 unspecified atom stereocenters. The third-order valence-electron chi connectivity index (χ3n) is 3.05. The Morgan fingerprint density at radius 1 is 0.800 bits per heavy atom. The molecule has 1 rings (SSSR count). The lowest BCUT2D eigenvalue weighted by molar-refractivity contribution is 0.249. The average Bonchev–Trinajstić information content (AvgIpc) is 2.42. The molecule has 1 aromatic rings. The summed E-state index contributed by atoms with van der Waals surface area (Å²) >= 11 is 0. The van der Waals surface area contributed by atoms with Gasteiger partial charge in [0.1, 0.15) is 11.5 Å². The minimum atomic E-state index is 0.210. The number of rotatable bonds is 10. The quantitative estimate of drug-likeness (QED) is 0.648. The molecule has 0 spiro atoms. The van der Waals surface area contributed by atoms with Crippen LogP contribution in [0.4, 0.5) is 0 Å². The lowest BCUT2D eigenvalue weighted by Crippen LogP contribution is -2.03. The Kier molecular flexibility index (Phi) is 8.07. The summed E-state index contributed by atoms with van der Waals surface area (Å²) in [5, 5.41) is 17.5. The van der Waals surface area contributed by atoms with Gasteiger partial charge >= 0.3 is 0 Å². The Morgan fingerprint density at radius 3 is 1.80 bits per heavy atom. The smallest absolute Gasteiger partial charge is 0.125 e. The van der Waals surface area contributed by atoms with Crippen molar-refractivity contribution >= 4 is 0 Å². The van der Waals surface area contributed by atoms with Gasteiger partial charge in [0.15, 0.2) is 0 Å². The van der Waals surface area contributed by atoms with Crippen molar-refractivity contribution in [2.45, 2.75) is 39.5 Å². The molecule has 0 aliphatic carbocycles. The first-order valence-corrected chi connectivity index (χ1v) is 7.27. The van der Waals surface area contributed by atoms with E-state index in [-0.39, 0.29) is 13.2 Å². The Morgan fingerprint density at radius 2 is 1.30 bits per heavy atom. The Hall–Kier alpha value is -1.26. The molecule has 0 bridgehead atoms. The molecule has 0 atom stereocenters. The van der Waals surface area contributed by atoms with Gasteiger partial charge in [-0.1, -0.05) is 0 Å². The van der Waals surface area contributed by atoms with Gasteiger partial charge in [-0.3, -0.25) is 0 Å². The fourth-order valence-corrected chi connectivity index (χ4v) is 2.01. The topological polar surface area (TPSA) is 58.9 Å². The van der Waals surface area contributed by atoms with Crippen LogP contribution in [-0.2, 0) is 0 Å². The second-order valence-corrected chi connectivity index (χ2v) is 4.94. The van der Waals surface area contributed by atoms with E-state index in [4.69, 9.17) is 19.7 Å². The molecule has 2 N–H and O–H groups in total. The van der Waals surface area contributed by atoms with E-state index in [1.165, 1.54) is 0 Å². The van der Waals surface area contributed by atoms with Gasteiger partial charge in [-0.2, -0.15) is 0 Å². The lowest BCUT2D eigenvalue weighted by atomic mass is 10.1. The molecule has 4 heteroatoms. The second-order valence-electron chi connectivity index (χ2n) is 4.94. The molecule has 0 radical (unpaired) electrons. The Labute approximate surface area is 121 Å². The zero-order chi connectivity index (χ0) is 14.8. The van der Waals surface area contributed by atoms with Gasteiger partial charge in [-0.05, 0) is 62.8 Å². The minimum Gasteiger partial charge on any atom is -0.494 e. The van der Waals surface area contributed by atoms with E-state index in [0.717, 1.165) is 48.3 Å². The van der Waals surface area contributed by atoms with Crippen molar-refractivity contribution in [1.82, 2.24) is 0 Å². The molecular weight excluding hydrogens is 256 g/mol. The molecule has 4 nitrogen and oxygen atoms in total. The fourth-order valence-electron chi connectivity index (χ4n) is 2.01. The summed E-state index contributed by atoms with van der Waals surface area (Å²) in [7, 11) is 0. The van der Waals surface area contributed by atoms with E-state index < -0.39 is 0 Å². The number of ether oxygens (including phenoxy) is 2. The summed E-state index contributed by atoms with van der Waals surface area (Å²) in [5.41, 5.74) is 2.12. The highest BCUT2D eigenvalue weighted by atomic mass is 16.5. The van der Waals surface area contributed by atoms with Crippen molar-refractivity contribution in [2.24, 2.45) is 0 Å². The zero-order valence-electron chi connectivity index (χ0n) is 12.5. The first-order chi connectivity index (χ1) is 9.69. The van der Waals surface area contributed by atoms with E-state index >= 15 is 0 Å². The van der Waals surface area contributed by atoms with E-state index in [1.807, 2.05) is 26.0 Å². The molecule has 0 aliphatic rings. The van der Waals surface area contributed by atoms with E-state index in [9.17, 15) is 0 Å². The fraction of sp³-hybridized carbons (Fsp3) is 0.625. The van der Waals surface area contributed by atoms with Gasteiger partial charge < -0.3 is 19.7 Å². The lowest BCUT2D eigenvalue weighted by Gasteiger charge is -2.14. The minimum absolute atomic E-state index is 0.210. The van der Waals surface area contributed by atoms with Crippen LogP contribution in [0.3, 0.4) is 0 Å². The number of aliphatic hydroxyl groups excluding tert-OH is 2. The summed E-state index contributed by atoms with van der Waals surface area (Å²) < 4.78 is 11.4. The summed E-state index contributed by atoms with van der Waals surface area (Å²) in [6.07, 6.45) is 3.25. The molecule has 114 valence electrons. The van der Waals surface area contributed by atoms with Crippen molar-refractivity contribution in [2.75, 3.05) is 26.4 Å². The van der Waals surface area contributed by atoms with E-state index in [1.54, 1.807) is 0 Å². The molecule has 0 fully saturated rings. The molecular formula is C16H26O4. The number of aliphatic hydroxyl groups is 2. The third kappa shape index (κ3) is 5.80. The third-order valence-corrected chi connectivity index (χ3v) is 3.05. The number of hydrogen-bond donors (Lipinski definition) is 2. The van der Waals surface area contributed by atoms with Gasteiger partial charge in [0, 0.05) is 13.2 Å². The van der Waals surface area contributed by atoms with Gasteiger partial charge in [0.2, 0.25) is 0 Å². The first-order valence-electron chi connectivity index (χ1n) is 7.27. The SMILES string of the molecule is Cc1cc(OCCCCO)cc(C)c1OCCCCO. The summed E-state index contributed by atoms with van der Waals surface area (Å²) in [6.45, 7) is 5.68. The van der Waals surface area contributed by atoms with Crippen LogP contribution in [0.2, 0.25) is 0 Å². The molecule has 0 aliphatic heterocycles. The average molecular weight is 282 g/mol. The number of unbranched alkanes of at least 4 members (excludes halogenated alkanes) is 2. The largest absolute Gasteiger partial charge is 0.494 e. The zero-order valence-corrected chi connectivity index (χ0v) is 12.5. The standard InChI is InChI=1S/C16H26O4/c1-13-11-15(19-9-5-3-7-17)12-14(2)16(13)20-10-6-4-8-18/h11-12,17-18H,3-10H2,1-2H3. The molecule has 0 saturated carbocycles. The normalized spacial score (nSPS) is 10.6. The van der Waals surface area contributed by atoms with Gasteiger partial charge in [0.25, 0.3) is 0 Å². The van der Waals surface area contributed by atoms with Crippen LogP contribution < -0.4 is 9.47 Å². The number of aryl methyl sites for hydroxylation is 2. The highest BCUT2D eigenvalue weighted by Gasteiger charge is 2.07. The van der Waals surface area contributed by atoms with Gasteiger partial charge in [0.05, 0.1) is 13.2 Å². The molecule has 0 amide bonds. The van der Waals surface area contributed by atoms with Crippen LogP contribution in [-0.4, -0.2) is 36.6 Å². The molecule has 0 aromatic heterocycles. The van der Waals surface area contributed by atoms with Crippen LogP contribution in [0.25, 0.3) is 0 Å². The van der Waals surface area contributed by atoms with E-state index in [0.29, 0.717) is 13.2 Å². The van der Waals surface area contributed by atoms with Crippen molar-refractivity contribution in [3.8, 4) is 11.5 Å². The van der Waals surface area contributed by atoms with Gasteiger partial charge in [-0.15, -0.1) is 0 Å². The van der Waals surface area contributed by atoms with Crippen molar-refractivity contribution in [3.63, 3.8) is 0 Å². The molecule has 0 heterocycles. The predicted octanol–water partition coefficient (Wildman–Crippen LogP) is 2.61. The van der Waals surface area contributed by atoms with Crippen LogP contribution >= 0.6 is 0 Å². The van der Waals surface area contributed by atoms with Crippen LogP contribution in [0.5, 0.6) is 11.5 Å². The summed E-state index contributed by atoms with van der Waals surface area (Å²) in [5.74, 6) is 1.76. The molecule has 20 heavy (non-hydrogen) atoms. The second kappa shape index (κ2) is 9.61. The van der Waals surface area contributed by atoms with Crippen LogP contribution in [0.1, 0.15) is 36.8 Å². The highest BCUT2D eigenvalue weighted by Crippen LogP contribution is 2.28. The Bertz CT molecular complexity index is 367. The summed E-state index contributed by atoms with van der Waals surface area (Å²) in [4.78, 5) is 0. The highest BCUT2D eigenvalue weighted by molar-refractivity contribution is 5.45. The summed E-state index contributed by atoms with van der Waals surface area (Å²) in [6, 6.07) is 3.96. The molecule has 0 saturated heterocycles. The molecule has 1 aromatic carbocycles. The maximum atomic E-state index is 8.74. The van der Waals surface area contributed by atoms with Crippen molar-refractivity contribution in [1.29, 1.82) is 0 Å². The Balaban J connectivity index is 2.52. The van der Waals surface area contributed by atoms with Crippen LogP contribution in [0, 0.1) is 13.8 Å². The number of hydrogen-bond acceptors (Lipinski definition) is 4. The predicted molar refractivity (Wildman–Crippen MR) is 79.5 cm³/mol. The van der Waals surface area contributed by atoms with Crippen LogP contribution in [0.15, 0.2) is 12.1 Å². The van der Waals surface area contributed by atoms with Gasteiger partial charge in [-0.25, -0.2) is 0 Å². The van der Waals surface area contributed by atoms with E-state index in [2.05, 4.69) is 0 Å². The maximum absolute atomic E-state index is 8.74.